The molecule has 0 spiro atoms. The van der Waals surface area contributed by atoms with Gasteiger partial charge in [-0.3, -0.25) is 13.6 Å². The lowest BCUT2D eigenvalue weighted by atomic mass is 10.1. The first kappa shape index (κ1) is 31.2. The Morgan fingerprint density at radius 3 is 2.20 bits per heavy atom. The van der Waals surface area contributed by atoms with Gasteiger partial charge in [-0.05, 0) is 6.92 Å². The Balaban J connectivity index is 1.30. The van der Waals surface area contributed by atoms with E-state index in [1.54, 1.807) is 0 Å². The van der Waals surface area contributed by atoms with E-state index in [0.29, 0.717) is 0 Å². The molecule has 20 nitrogen and oxygen atoms in total. The SMILES string of the molecule is CC(O)CO[C@@H]1O[C@H](COP(=O)(O)OP(=O)(O)OC[C@H]2O[C@@H](n3cnc4c(N)ncnc43)[C@H](O)[C@@H]2O)[C@@H](O)[C@H]1O. The van der Waals surface area contributed by atoms with Crippen molar-refractivity contribution in [2.75, 3.05) is 25.6 Å². The summed E-state index contributed by atoms with van der Waals surface area (Å²) in [4.78, 5) is 31.6. The maximum atomic E-state index is 12.3. The predicted octanol–water partition coefficient (Wildman–Crippen LogP) is -2.88. The first-order chi connectivity index (χ1) is 18.7. The summed E-state index contributed by atoms with van der Waals surface area (Å²) in [5.41, 5.74) is 6.10. The fourth-order valence-electron chi connectivity index (χ4n) is 3.89. The van der Waals surface area contributed by atoms with E-state index in [-0.39, 0.29) is 23.6 Å². The number of imidazole rings is 1. The summed E-state index contributed by atoms with van der Waals surface area (Å²) in [5.74, 6) is 0.0559. The van der Waals surface area contributed by atoms with Gasteiger partial charge in [0.15, 0.2) is 24.0 Å². The predicted molar refractivity (Wildman–Crippen MR) is 127 cm³/mol. The van der Waals surface area contributed by atoms with Crippen LogP contribution in [-0.4, -0.2) is 124 Å². The molecule has 2 aromatic heterocycles. The first-order valence-electron chi connectivity index (χ1n) is 11.6. The minimum Gasteiger partial charge on any atom is -0.391 e. The number of nitrogens with two attached hydrogens (primary N) is 1. The summed E-state index contributed by atoms with van der Waals surface area (Å²) in [6.45, 7) is -0.606. The molecule has 2 aromatic rings. The number of phosphoric ester groups is 2. The Morgan fingerprint density at radius 1 is 0.975 bits per heavy atom. The van der Waals surface area contributed by atoms with Crippen molar-refractivity contribution < 1.29 is 72.0 Å². The third-order valence-electron chi connectivity index (χ3n) is 5.83. The fourth-order valence-corrected chi connectivity index (χ4v) is 5.98. The van der Waals surface area contributed by atoms with Crippen molar-refractivity contribution in [1.29, 1.82) is 0 Å². The van der Waals surface area contributed by atoms with Gasteiger partial charge in [0, 0.05) is 0 Å². The molecule has 0 bridgehead atoms. The van der Waals surface area contributed by atoms with Gasteiger partial charge >= 0.3 is 15.6 Å². The summed E-state index contributed by atoms with van der Waals surface area (Å²) in [7, 11) is -10.7. The summed E-state index contributed by atoms with van der Waals surface area (Å²) in [6.07, 6.45) is -10.4. The monoisotopic (exact) mass is 617 g/mol. The van der Waals surface area contributed by atoms with Crippen molar-refractivity contribution in [3.05, 3.63) is 12.7 Å². The minimum absolute atomic E-state index is 0.0559. The molecule has 0 amide bonds. The number of ether oxygens (including phenoxy) is 3. The number of anilines is 1. The van der Waals surface area contributed by atoms with Crippen LogP contribution in [0.25, 0.3) is 11.2 Å². The van der Waals surface area contributed by atoms with Crippen molar-refractivity contribution >= 4 is 32.6 Å². The zero-order valence-electron chi connectivity index (χ0n) is 20.6. The minimum atomic E-state index is -5.33. The van der Waals surface area contributed by atoms with Gasteiger partial charge in [-0.15, -0.1) is 0 Å². The number of hydrogen-bond acceptors (Lipinski definition) is 17. The molecule has 2 aliphatic heterocycles. The Hall–Kier alpha value is -1.71. The number of nitrogen functional groups attached to an aromatic ring is 1. The third kappa shape index (κ3) is 7.01. The molecule has 3 unspecified atom stereocenters. The summed E-state index contributed by atoms with van der Waals surface area (Å²) < 4.78 is 55.0. The number of nitrogens with zero attached hydrogens (tertiary/aromatic N) is 4. The molecule has 0 aromatic carbocycles. The van der Waals surface area contributed by atoms with Gasteiger partial charge in [0.2, 0.25) is 0 Å². The van der Waals surface area contributed by atoms with Gasteiger partial charge in [-0.2, -0.15) is 4.31 Å². The summed E-state index contributed by atoms with van der Waals surface area (Å²) in [5, 5.41) is 50.0. The molecule has 4 rings (SSSR count). The quantitative estimate of drug-likeness (QED) is 0.111. The third-order valence-corrected chi connectivity index (χ3v) is 8.43. The number of aromatic nitrogens is 4. The van der Waals surface area contributed by atoms with E-state index in [0.717, 1.165) is 6.33 Å². The molecule has 2 aliphatic rings. The van der Waals surface area contributed by atoms with Gasteiger partial charge in [0.25, 0.3) is 0 Å². The molecule has 0 aliphatic carbocycles. The smallest absolute Gasteiger partial charge is 0.391 e. The largest absolute Gasteiger partial charge is 0.481 e. The van der Waals surface area contributed by atoms with E-state index >= 15 is 0 Å². The second-order valence-corrected chi connectivity index (χ2v) is 12.0. The van der Waals surface area contributed by atoms with Crippen LogP contribution in [0.3, 0.4) is 0 Å². The Bertz CT molecular complexity index is 1270. The van der Waals surface area contributed by atoms with E-state index in [1.807, 2.05) is 0 Å². The molecule has 11 atom stereocenters. The number of rotatable bonds is 12. The summed E-state index contributed by atoms with van der Waals surface area (Å²) in [6, 6.07) is 0. The lowest BCUT2D eigenvalue weighted by Gasteiger charge is -2.20. The van der Waals surface area contributed by atoms with Crippen LogP contribution >= 0.6 is 15.6 Å². The van der Waals surface area contributed by atoms with Gasteiger partial charge in [0.05, 0.1) is 32.3 Å². The highest BCUT2D eigenvalue weighted by atomic mass is 31.3. The highest BCUT2D eigenvalue weighted by Crippen LogP contribution is 2.60. The lowest BCUT2D eigenvalue weighted by molar-refractivity contribution is -0.179. The molecule has 2 saturated heterocycles. The molecule has 226 valence electrons. The second-order valence-electron chi connectivity index (χ2n) is 8.95. The van der Waals surface area contributed by atoms with Gasteiger partial charge in [-0.25, -0.2) is 24.1 Å². The highest BCUT2D eigenvalue weighted by Gasteiger charge is 2.47. The molecule has 9 N–H and O–H groups in total. The maximum Gasteiger partial charge on any atom is 0.481 e. The molecule has 22 heteroatoms. The number of phosphoric acid groups is 2. The van der Waals surface area contributed by atoms with Crippen molar-refractivity contribution in [1.82, 2.24) is 19.5 Å². The maximum absolute atomic E-state index is 12.3. The number of aliphatic hydroxyl groups is 5. The molecule has 0 saturated carbocycles. The van der Waals surface area contributed by atoms with Crippen LogP contribution in [0.5, 0.6) is 0 Å². The van der Waals surface area contributed by atoms with Crippen molar-refractivity contribution in [3.8, 4) is 0 Å². The van der Waals surface area contributed by atoms with Crippen molar-refractivity contribution in [2.24, 2.45) is 0 Å². The van der Waals surface area contributed by atoms with Crippen LogP contribution in [0.1, 0.15) is 13.2 Å². The highest BCUT2D eigenvalue weighted by molar-refractivity contribution is 7.61. The fraction of sp³-hybridized carbons (Fsp3) is 0.722. The molecule has 0 radical (unpaired) electrons. The Kier molecular flexibility index (Phi) is 9.57. The van der Waals surface area contributed by atoms with E-state index < -0.39 is 84.1 Å². The molecule has 40 heavy (non-hydrogen) atoms. The zero-order chi connectivity index (χ0) is 29.4. The average molecular weight is 617 g/mol. The topological polar surface area (TPSA) is 301 Å². The van der Waals surface area contributed by atoms with Gasteiger partial charge < -0.3 is 55.3 Å². The van der Waals surface area contributed by atoms with Crippen LogP contribution in [0.2, 0.25) is 0 Å². The average Bonchev–Trinajstić information content (AvgIpc) is 3.50. The standard InChI is InChI=1S/C18H29N5O15P2/c1-7(24)2-33-18-14(28)12(26)9(37-18)4-35-40(31,32)38-39(29,30)34-3-8-11(25)13(27)17(36-8)23-6-22-10-15(19)20-5-21-16(10)23/h5-9,11-14,17-18,24-28H,2-4H2,1H3,(H,29,30)(H,31,32)(H2,19,20,21)/t7?,8-,9-,11-,12-,13-,14-,17-,18-/m1/s1. The molecule has 4 heterocycles. The van der Waals surface area contributed by atoms with E-state index in [2.05, 4.69) is 28.3 Å². The van der Waals surface area contributed by atoms with E-state index in [4.69, 9.17) is 19.9 Å². The lowest BCUT2D eigenvalue weighted by Crippen LogP contribution is -2.35. The normalized spacial score (nSPS) is 34.6. The molecular weight excluding hydrogens is 588 g/mol. The van der Waals surface area contributed by atoms with Gasteiger partial charge in [-0.1, -0.05) is 0 Å². The number of hydrogen-bond donors (Lipinski definition) is 8. The van der Waals surface area contributed by atoms with Crippen molar-refractivity contribution in [2.45, 2.75) is 62.2 Å². The zero-order valence-corrected chi connectivity index (χ0v) is 22.4. The van der Waals surface area contributed by atoms with Gasteiger partial charge in [0.1, 0.15) is 48.5 Å². The summed E-state index contributed by atoms with van der Waals surface area (Å²) >= 11 is 0. The van der Waals surface area contributed by atoms with Crippen LogP contribution < -0.4 is 5.73 Å². The Morgan fingerprint density at radius 2 is 1.57 bits per heavy atom. The van der Waals surface area contributed by atoms with Crippen LogP contribution in [0, 0.1) is 0 Å². The Labute approximate surface area is 225 Å². The van der Waals surface area contributed by atoms with Crippen LogP contribution in [0.15, 0.2) is 12.7 Å². The van der Waals surface area contributed by atoms with Crippen molar-refractivity contribution in [3.63, 3.8) is 0 Å². The van der Waals surface area contributed by atoms with Crippen LogP contribution in [0.4, 0.5) is 5.82 Å². The van der Waals surface area contributed by atoms with E-state index in [1.165, 1.54) is 17.8 Å². The second kappa shape index (κ2) is 12.3. The molecular formula is C18H29N5O15P2. The number of fused-ring (bicyclic) bond motifs is 1. The first-order valence-corrected chi connectivity index (χ1v) is 14.6. The van der Waals surface area contributed by atoms with Crippen LogP contribution in [-0.2, 0) is 36.7 Å². The number of aliphatic hydroxyl groups excluding tert-OH is 5. The molecule has 2 fully saturated rings. The van der Waals surface area contributed by atoms with E-state index in [9.17, 15) is 44.4 Å².